The first-order valence-electron chi connectivity index (χ1n) is 6.23. The van der Waals surface area contributed by atoms with Crippen LogP contribution in [-0.4, -0.2) is 31.4 Å². The Balaban J connectivity index is 1.88. The number of aromatic nitrogens is 2. The van der Waals surface area contributed by atoms with Gasteiger partial charge in [0.05, 0.1) is 6.26 Å². The summed E-state index contributed by atoms with van der Waals surface area (Å²) in [6.45, 7) is 0.495. The third kappa shape index (κ3) is 4.99. The van der Waals surface area contributed by atoms with Crippen LogP contribution in [0.25, 0.3) is 0 Å². The number of anilines is 2. The molecule has 2 rings (SSSR count). The largest absolute Gasteiger partial charge is 0.368 e. The number of benzene rings is 1. The van der Waals surface area contributed by atoms with Gasteiger partial charge >= 0.3 is 0 Å². The fourth-order valence-electron chi connectivity index (χ4n) is 1.70. The molecule has 0 saturated heterocycles. The van der Waals surface area contributed by atoms with E-state index in [1.54, 1.807) is 24.3 Å². The van der Waals surface area contributed by atoms with Crippen molar-refractivity contribution in [1.82, 2.24) is 10.2 Å². The molecule has 0 unspecified atom stereocenters. The molecule has 0 spiro atoms. The van der Waals surface area contributed by atoms with Gasteiger partial charge in [0.2, 0.25) is 10.0 Å². The van der Waals surface area contributed by atoms with E-state index in [9.17, 15) is 12.8 Å². The maximum atomic E-state index is 13.4. The highest BCUT2D eigenvalue weighted by Crippen LogP contribution is 2.09. The number of nitrogens with zero attached hydrogens (tertiary/aromatic N) is 2. The highest BCUT2D eigenvalue weighted by Gasteiger charge is 2.04. The quantitative estimate of drug-likeness (QED) is 0.847. The second-order valence-corrected chi connectivity index (χ2v) is 6.19. The van der Waals surface area contributed by atoms with Gasteiger partial charge in [-0.3, -0.25) is 4.72 Å². The van der Waals surface area contributed by atoms with E-state index in [1.165, 1.54) is 12.1 Å². The van der Waals surface area contributed by atoms with Crippen molar-refractivity contribution in [2.75, 3.05) is 22.8 Å². The van der Waals surface area contributed by atoms with Gasteiger partial charge in [-0.15, -0.1) is 10.2 Å². The molecule has 21 heavy (non-hydrogen) atoms. The van der Waals surface area contributed by atoms with Gasteiger partial charge in [-0.05, 0) is 30.2 Å². The molecule has 0 aliphatic carbocycles. The summed E-state index contributed by atoms with van der Waals surface area (Å²) in [4.78, 5) is 0. The standard InChI is InChI=1S/C13H15FN4O2S/c1-21(19,20)18-13-7-6-12(16-17-13)15-9-8-10-4-2-3-5-11(10)14/h2-7H,8-9H2,1H3,(H,15,16)(H,17,18). The lowest BCUT2D eigenvalue weighted by atomic mass is 10.1. The fourth-order valence-corrected chi connectivity index (χ4v) is 2.19. The Bertz CT molecular complexity index is 704. The molecule has 0 aliphatic heterocycles. The third-order valence-electron chi connectivity index (χ3n) is 2.61. The molecule has 8 heteroatoms. The van der Waals surface area contributed by atoms with E-state index in [4.69, 9.17) is 0 Å². The third-order valence-corrected chi connectivity index (χ3v) is 3.19. The van der Waals surface area contributed by atoms with E-state index in [0.717, 1.165) is 6.26 Å². The van der Waals surface area contributed by atoms with E-state index in [0.29, 0.717) is 24.3 Å². The monoisotopic (exact) mass is 310 g/mol. The molecule has 2 N–H and O–H groups in total. The molecular weight excluding hydrogens is 295 g/mol. The molecule has 0 atom stereocenters. The minimum atomic E-state index is -3.36. The highest BCUT2D eigenvalue weighted by atomic mass is 32.2. The van der Waals surface area contributed by atoms with Gasteiger partial charge in [-0.2, -0.15) is 0 Å². The maximum Gasteiger partial charge on any atom is 0.231 e. The van der Waals surface area contributed by atoms with Gasteiger partial charge in [0, 0.05) is 6.54 Å². The first kappa shape index (κ1) is 15.2. The van der Waals surface area contributed by atoms with Crippen LogP contribution in [0, 0.1) is 5.82 Å². The van der Waals surface area contributed by atoms with Crippen LogP contribution >= 0.6 is 0 Å². The summed E-state index contributed by atoms with van der Waals surface area (Å²) in [6.07, 6.45) is 1.55. The molecule has 0 saturated carbocycles. The summed E-state index contributed by atoms with van der Waals surface area (Å²) in [5.41, 5.74) is 0.619. The van der Waals surface area contributed by atoms with Crippen LogP contribution < -0.4 is 10.0 Å². The van der Waals surface area contributed by atoms with Gasteiger partial charge < -0.3 is 5.32 Å². The zero-order chi connectivity index (χ0) is 15.3. The summed E-state index contributed by atoms with van der Waals surface area (Å²) >= 11 is 0. The lowest BCUT2D eigenvalue weighted by molar-refractivity contribution is 0.606. The van der Waals surface area contributed by atoms with Crippen molar-refractivity contribution in [3.05, 3.63) is 47.8 Å². The summed E-state index contributed by atoms with van der Waals surface area (Å²) in [5, 5.41) is 10.6. The molecule has 0 fully saturated rings. The van der Waals surface area contributed by atoms with Gasteiger partial charge in [0.1, 0.15) is 11.6 Å². The van der Waals surface area contributed by atoms with E-state index in [2.05, 4.69) is 20.2 Å². The second kappa shape index (κ2) is 6.49. The minimum Gasteiger partial charge on any atom is -0.368 e. The number of hydrogen-bond donors (Lipinski definition) is 2. The van der Waals surface area contributed by atoms with Gasteiger partial charge in [0.25, 0.3) is 0 Å². The minimum absolute atomic E-state index is 0.150. The van der Waals surface area contributed by atoms with Crippen LogP contribution in [0.5, 0.6) is 0 Å². The molecule has 112 valence electrons. The number of nitrogens with one attached hydrogen (secondary N) is 2. The lowest BCUT2D eigenvalue weighted by Gasteiger charge is -2.07. The molecule has 1 heterocycles. The number of rotatable bonds is 6. The zero-order valence-electron chi connectivity index (χ0n) is 11.4. The average molecular weight is 310 g/mol. The van der Waals surface area contributed by atoms with Crippen molar-refractivity contribution < 1.29 is 12.8 Å². The molecular formula is C13H15FN4O2S. The number of halogens is 1. The Labute approximate surface area is 122 Å². The maximum absolute atomic E-state index is 13.4. The number of hydrogen-bond acceptors (Lipinski definition) is 5. The second-order valence-electron chi connectivity index (χ2n) is 4.45. The molecule has 6 nitrogen and oxygen atoms in total. The van der Waals surface area contributed by atoms with Gasteiger partial charge in [-0.1, -0.05) is 18.2 Å². The van der Waals surface area contributed by atoms with Crippen molar-refractivity contribution >= 4 is 21.7 Å². The van der Waals surface area contributed by atoms with Crippen molar-refractivity contribution in [2.24, 2.45) is 0 Å². The molecule has 0 radical (unpaired) electrons. The SMILES string of the molecule is CS(=O)(=O)Nc1ccc(NCCc2ccccc2F)nn1. The summed E-state index contributed by atoms with van der Waals surface area (Å²) in [7, 11) is -3.36. The Morgan fingerprint density at radius 3 is 2.38 bits per heavy atom. The van der Waals surface area contributed by atoms with Crippen molar-refractivity contribution in [3.63, 3.8) is 0 Å². The van der Waals surface area contributed by atoms with Crippen LogP contribution in [0.4, 0.5) is 16.0 Å². The van der Waals surface area contributed by atoms with Crippen LogP contribution in [0.3, 0.4) is 0 Å². The first-order valence-corrected chi connectivity index (χ1v) is 8.12. The van der Waals surface area contributed by atoms with Crippen LogP contribution in [0.2, 0.25) is 0 Å². The van der Waals surface area contributed by atoms with E-state index < -0.39 is 10.0 Å². The predicted octanol–water partition coefficient (Wildman–Crippen LogP) is 1.64. The Hall–Kier alpha value is -2.22. The molecule has 0 aliphatic rings. The Kier molecular flexibility index (Phi) is 4.69. The molecule has 0 bridgehead atoms. The zero-order valence-corrected chi connectivity index (χ0v) is 12.2. The van der Waals surface area contributed by atoms with Gasteiger partial charge in [0.15, 0.2) is 5.82 Å². The molecule has 1 aromatic carbocycles. The van der Waals surface area contributed by atoms with Crippen LogP contribution in [-0.2, 0) is 16.4 Å². The van der Waals surface area contributed by atoms with Crippen molar-refractivity contribution in [1.29, 1.82) is 0 Å². The van der Waals surface area contributed by atoms with E-state index >= 15 is 0 Å². The topological polar surface area (TPSA) is 84.0 Å². The van der Waals surface area contributed by atoms with E-state index in [-0.39, 0.29) is 11.6 Å². The Morgan fingerprint density at radius 1 is 1.10 bits per heavy atom. The molecule has 1 aromatic heterocycles. The predicted molar refractivity (Wildman–Crippen MR) is 79.1 cm³/mol. The van der Waals surface area contributed by atoms with Gasteiger partial charge in [-0.25, -0.2) is 12.8 Å². The van der Waals surface area contributed by atoms with Crippen LogP contribution in [0.1, 0.15) is 5.56 Å². The van der Waals surface area contributed by atoms with Crippen molar-refractivity contribution in [2.45, 2.75) is 6.42 Å². The summed E-state index contributed by atoms with van der Waals surface area (Å²) in [6, 6.07) is 9.67. The highest BCUT2D eigenvalue weighted by molar-refractivity contribution is 7.92. The summed E-state index contributed by atoms with van der Waals surface area (Å²) < 4.78 is 37.7. The normalized spacial score (nSPS) is 11.1. The summed E-state index contributed by atoms with van der Waals surface area (Å²) in [5.74, 6) is 0.403. The van der Waals surface area contributed by atoms with E-state index in [1.807, 2.05) is 0 Å². The fraction of sp³-hybridized carbons (Fsp3) is 0.231. The Morgan fingerprint density at radius 2 is 1.76 bits per heavy atom. The lowest BCUT2D eigenvalue weighted by Crippen LogP contribution is -2.12. The van der Waals surface area contributed by atoms with Crippen molar-refractivity contribution in [3.8, 4) is 0 Å². The molecule has 0 amide bonds. The number of sulfonamides is 1. The smallest absolute Gasteiger partial charge is 0.231 e. The molecule has 2 aromatic rings. The average Bonchev–Trinajstić information content (AvgIpc) is 2.41. The van der Waals surface area contributed by atoms with Crippen LogP contribution in [0.15, 0.2) is 36.4 Å². The first-order chi connectivity index (χ1) is 9.94.